The van der Waals surface area contributed by atoms with Crippen LogP contribution in [0, 0.1) is 24.2 Å². The smallest absolute Gasteiger partial charge is 0.192 e. The van der Waals surface area contributed by atoms with Gasteiger partial charge in [-0.25, -0.2) is 0 Å². The Hall–Kier alpha value is -0.203. The minimum Gasteiger partial charge on any atom is -0.414 e. The molecule has 2 saturated heterocycles. The maximum absolute atomic E-state index is 7.12. The van der Waals surface area contributed by atoms with Crippen LogP contribution in [-0.4, -0.2) is 57.3 Å². The monoisotopic (exact) mass is 640 g/mol. The van der Waals surface area contributed by atoms with E-state index in [1.807, 2.05) is 0 Å². The van der Waals surface area contributed by atoms with Gasteiger partial charge in [0.15, 0.2) is 20.9 Å². The van der Waals surface area contributed by atoms with Gasteiger partial charge in [-0.3, -0.25) is 0 Å². The lowest BCUT2D eigenvalue weighted by Crippen LogP contribution is -2.45. The number of rotatable bonds is 14. The van der Waals surface area contributed by atoms with Crippen molar-refractivity contribution in [3.63, 3.8) is 0 Å². The number of ether oxygens (including phenoxy) is 4. The first-order valence-electron chi connectivity index (χ1n) is 16.0. The molecule has 0 radical (unpaired) electrons. The predicted molar refractivity (Wildman–Crippen MR) is 170 cm³/mol. The van der Waals surface area contributed by atoms with Crippen molar-refractivity contribution < 1.29 is 23.4 Å². The maximum Gasteiger partial charge on any atom is 0.192 e. The van der Waals surface area contributed by atoms with Crippen molar-refractivity contribution in [2.24, 2.45) is 11.8 Å². The van der Waals surface area contributed by atoms with Crippen LogP contribution < -0.4 is 0 Å². The Labute approximate surface area is 255 Å². The second-order valence-electron chi connectivity index (χ2n) is 13.6. The zero-order valence-corrected chi connectivity index (χ0v) is 28.8. The second-order valence-corrected chi connectivity index (χ2v) is 19.4. The molecule has 1 aliphatic carbocycles. The van der Waals surface area contributed by atoms with Crippen LogP contribution in [0.4, 0.5) is 0 Å². The molecule has 0 N–H and O–H groups in total. The van der Waals surface area contributed by atoms with Crippen molar-refractivity contribution in [3.05, 3.63) is 12.2 Å². The molecule has 0 aromatic carbocycles. The van der Waals surface area contributed by atoms with E-state index in [2.05, 4.69) is 74.8 Å². The zero-order valence-electron chi connectivity index (χ0n) is 26.2. The molecule has 0 aromatic rings. The Balaban J connectivity index is 1.87. The SMILES string of the molecule is C#C[C@H](Br)CC1C(O[Si](C)(C)C(C)(C)C)CC(OC2CCCCO2)C1/C=C/C(CCCCC)OC1CCCCO1. The molecule has 3 fully saturated rings. The highest BCUT2D eigenvalue weighted by Crippen LogP contribution is 2.46. The number of terminal acetylenes is 1. The summed E-state index contributed by atoms with van der Waals surface area (Å²) in [6.45, 7) is 15.5. The highest BCUT2D eigenvalue weighted by atomic mass is 79.9. The van der Waals surface area contributed by atoms with Gasteiger partial charge in [-0.05, 0) is 81.8 Å². The van der Waals surface area contributed by atoms with E-state index in [0.29, 0.717) is 0 Å². The molecule has 0 aromatic heterocycles. The van der Waals surface area contributed by atoms with E-state index < -0.39 is 8.32 Å². The van der Waals surface area contributed by atoms with Gasteiger partial charge < -0.3 is 23.4 Å². The summed E-state index contributed by atoms with van der Waals surface area (Å²) in [4.78, 5) is -0.00386. The van der Waals surface area contributed by atoms with Gasteiger partial charge in [0.25, 0.3) is 0 Å². The normalized spacial score (nSPS) is 31.8. The van der Waals surface area contributed by atoms with Gasteiger partial charge in [0.2, 0.25) is 0 Å². The van der Waals surface area contributed by atoms with Crippen molar-refractivity contribution in [1.82, 2.24) is 0 Å². The standard InChI is InChI=1S/C33H57BrO5Si/c1-8-10-11-16-26(37-31-17-12-14-21-35-31)19-20-27-28(23-25(34)9-2)30(39-40(6,7)33(3,4)5)24-29(27)38-32-18-13-15-22-36-32/h2,19-20,25-32H,8,10-18,21-24H2,1,3-7H3/b20-19+/t25-,26?,27?,28?,29?,30?,31?,32?/m0/s1. The van der Waals surface area contributed by atoms with E-state index in [4.69, 9.17) is 29.8 Å². The van der Waals surface area contributed by atoms with Crippen LogP contribution in [0.2, 0.25) is 18.1 Å². The largest absolute Gasteiger partial charge is 0.414 e. The van der Waals surface area contributed by atoms with E-state index >= 15 is 0 Å². The third kappa shape index (κ3) is 10.5. The van der Waals surface area contributed by atoms with Gasteiger partial charge in [0, 0.05) is 19.1 Å². The molecular weight excluding hydrogens is 584 g/mol. The van der Waals surface area contributed by atoms with E-state index in [9.17, 15) is 0 Å². The molecule has 0 bridgehead atoms. The molecule has 3 rings (SSSR count). The fourth-order valence-electron chi connectivity index (χ4n) is 5.89. The lowest BCUT2D eigenvalue weighted by Gasteiger charge is -2.40. The van der Waals surface area contributed by atoms with Crippen LogP contribution in [0.3, 0.4) is 0 Å². The number of hydrogen-bond donors (Lipinski definition) is 0. The molecule has 2 aliphatic heterocycles. The summed E-state index contributed by atoms with van der Waals surface area (Å²) in [5, 5.41) is 0.131. The molecule has 5 nitrogen and oxygen atoms in total. The van der Waals surface area contributed by atoms with Gasteiger partial charge in [0.1, 0.15) is 0 Å². The summed E-state index contributed by atoms with van der Waals surface area (Å²) in [6, 6.07) is 0. The molecule has 230 valence electrons. The molecule has 0 amide bonds. The average molecular weight is 642 g/mol. The van der Waals surface area contributed by atoms with Crippen molar-refractivity contribution in [2.45, 2.75) is 159 Å². The van der Waals surface area contributed by atoms with Crippen LogP contribution in [0.15, 0.2) is 12.2 Å². The van der Waals surface area contributed by atoms with E-state index in [1.165, 1.54) is 19.3 Å². The van der Waals surface area contributed by atoms with Gasteiger partial charge >= 0.3 is 0 Å². The first kappa shape index (κ1) is 34.3. The number of unbranched alkanes of at least 4 members (excludes halogenated alkanes) is 2. The van der Waals surface area contributed by atoms with Crippen LogP contribution in [0.5, 0.6) is 0 Å². The van der Waals surface area contributed by atoms with Gasteiger partial charge in [-0.2, -0.15) is 0 Å². The zero-order chi connectivity index (χ0) is 29.2. The molecule has 2 heterocycles. The molecule has 8 atom stereocenters. The van der Waals surface area contributed by atoms with Crippen LogP contribution in [0.25, 0.3) is 0 Å². The Kier molecular flexibility index (Phi) is 14.2. The van der Waals surface area contributed by atoms with Crippen molar-refractivity contribution in [2.75, 3.05) is 13.2 Å². The Morgan fingerprint density at radius 1 is 1.02 bits per heavy atom. The third-order valence-corrected chi connectivity index (χ3v) is 14.5. The van der Waals surface area contributed by atoms with Crippen molar-refractivity contribution >= 4 is 24.2 Å². The Bertz CT molecular complexity index is 794. The summed E-state index contributed by atoms with van der Waals surface area (Å²) in [6.07, 6.45) is 23.3. The fraction of sp³-hybridized carbons (Fsp3) is 0.879. The van der Waals surface area contributed by atoms with E-state index in [-0.39, 0.29) is 52.6 Å². The number of halogens is 1. The molecule has 40 heavy (non-hydrogen) atoms. The van der Waals surface area contributed by atoms with E-state index in [0.717, 1.165) is 71.0 Å². The lowest BCUT2D eigenvalue weighted by atomic mass is 9.88. The first-order chi connectivity index (χ1) is 19.0. The van der Waals surface area contributed by atoms with Crippen molar-refractivity contribution in [3.8, 4) is 12.3 Å². The predicted octanol–water partition coefficient (Wildman–Crippen LogP) is 8.76. The summed E-state index contributed by atoms with van der Waals surface area (Å²) in [5.41, 5.74) is 0. The van der Waals surface area contributed by atoms with Crippen LogP contribution in [-0.2, 0) is 23.4 Å². The number of hydrogen-bond acceptors (Lipinski definition) is 5. The highest BCUT2D eigenvalue weighted by molar-refractivity contribution is 9.09. The molecule has 7 unspecified atom stereocenters. The Morgan fingerprint density at radius 2 is 1.70 bits per heavy atom. The van der Waals surface area contributed by atoms with Crippen LogP contribution >= 0.6 is 15.9 Å². The van der Waals surface area contributed by atoms with Gasteiger partial charge in [-0.15, -0.1) is 6.42 Å². The summed E-state index contributed by atoms with van der Waals surface area (Å²) in [7, 11) is -2.00. The first-order valence-corrected chi connectivity index (χ1v) is 19.9. The topological polar surface area (TPSA) is 46.2 Å². The fourth-order valence-corrected chi connectivity index (χ4v) is 7.70. The maximum atomic E-state index is 7.12. The summed E-state index contributed by atoms with van der Waals surface area (Å²) in [5.74, 6) is 3.35. The minimum atomic E-state index is -2.00. The average Bonchev–Trinajstić information content (AvgIpc) is 3.21. The Morgan fingerprint density at radius 3 is 2.27 bits per heavy atom. The summed E-state index contributed by atoms with van der Waals surface area (Å²) >= 11 is 3.76. The lowest BCUT2D eigenvalue weighted by molar-refractivity contribution is -0.193. The molecule has 0 spiro atoms. The summed E-state index contributed by atoms with van der Waals surface area (Å²) < 4.78 is 32.4. The van der Waals surface area contributed by atoms with Crippen molar-refractivity contribution in [1.29, 1.82) is 0 Å². The van der Waals surface area contributed by atoms with Crippen LogP contribution in [0.1, 0.15) is 105 Å². The quantitative estimate of drug-likeness (QED) is 0.0624. The molecule has 1 saturated carbocycles. The molecule has 7 heteroatoms. The highest BCUT2D eigenvalue weighted by Gasteiger charge is 2.49. The van der Waals surface area contributed by atoms with Gasteiger partial charge in [-0.1, -0.05) is 81.0 Å². The second kappa shape index (κ2) is 16.6. The van der Waals surface area contributed by atoms with E-state index in [1.54, 1.807) is 0 Å². The van der Waals surface area contributed by atoms with Gasteiger partial charge in [0.05, 0.1) is 23.1 Å². The molecule has 3 aliphatic rings. The minimum absolute atomic E-state index is 0.00386. The number of alkyl halides is 1. The third-order valence-electron chi connectivity index (χ3n) is 9.35. The molecular formula is C33H57BrO5Si.